The number of halogens is 3. The van der Waals surface area contributed by atoms with Gasteiger partial charge in [-0.2, -0.15) is 13.2 Å². The Bertz CT molecular complexity index is 1230. The van der Waals surface area contributed by atoms with E-state index in [1.165, 1.54) is 35.2 Å². The van der Waals surface area contributed by atoms with E-state index in [9.17, 15) is 18.0 Å². The molecule has 30 heavy (non-hydrogen) atoms. The number of aromatic nitrogens is 3. The quantitative estimate of drug-likeness (QED) is 0.543. The molecule has 3 aromatic heterocycles. The van der Waals surface area contributed by atoms with Crippen LogP contribution in [0.4, 0.5) is 19.1 Å². The normalized spacial score (nSPS) is 11.6. The molecule has 152 valence electrons. The van der Waals surface area contributed by atoms with Crippen molar-refractivity contribution in [2.45, 2.75) is 12.7 Å². The van der Waals surface area contributed by atoms with Gasteiger partial charge in [0.1, 0.15) is 5.69 Å². The van der Waals surface area contributed by atoms with Gasteiger partial charge in [0.2, 0.25) is 5.95 Å². The van der Waals surface area contributed by atoms with Crippen molar-refractivity contribution in [1.29, 1.82) is 0 Å². The number of nitrogens with zero attached hydrogens (tertiary/aromatic N) is 3. The Hall–Kier alpha value is -3.88. The molecule has 4 aromatic rings. The van der Waals surface area contributed by atoms with Crippen LogP contribution in [-0.4, -0.2) is 14.5 Å². The van der Waals surface area contributed by atoms with Crippen LogP contribution < -0.4 is 11.3 Å². The third-order valence-corrected chi connectivity index (χ3v) is 4.50. The van der Waals surface area contributed by atoms with Crippen molar-refractivity contribution in [3.8, 4) is 22.6 Å². The first-order valence-electron chi connectivity index (χ1n) is 8.84. The number of nitrogens with two attached hydrogens (primary N) is 1. The fraction of sp³-hybridized carbons (Fsp3) is 0.0952. The molecule has 0 aliphatic carbocycles. The summed E-state index contributed by atoms with van der Waals surface area (Å²) < 4.78 is 44.9. The van der Waals surface area contributed by atoms with Crippen LogP contribution >= 0.6 is 0 Å². The molecule has 0 aliphatic rings. The molecular formula is C21H15F3N4O2. The molecule has 0 atom stereocenters. The van der Waals surface area contributed by atoms with Crippen molar-refractivity contribution < 1.29 is 17.6 Å². The van der Waals surface area contributed by atoms with Gasteiger partial charge >= 0.3 is 6.18 Å². The standard InChI is InChI=1S/C21H15F3N4O2/c22-21(23,24)15-5-3-13(4-6-15)12-28-8-7-14(10-18(28)29)16-11-26-20(25)27-19(16)17-2-1-9-30-17/h1-11H,12H2,(H2,25,26,27). The minimum absolute atomic E-state index is 0.0702. The summed E-state index contributed by atoms with van der Waals surface area (Å²) in [5.74, 6) is 0.550. The van der Waals surface area contributed by atoms with Gasteiger partial charge in [0, 0.05) is 24.0 Å². The molecule has 0 fully saturated rings. The molecule has 4 rings (SSSR count). The van der Waals surface area contributed by atoms with E-state index < -0.39 is 11.7 Å². The summed E-state index contributed by atoms with van der Waals surface area (Å²) in [6.45, 7) is 0.139. The van der Waals surface area contributed by atoms with E-state index in [1.807, 2.05) is 0 Å². The lowest BCUT2D eigenvalue weighted by Gasteiger charge is -2.11. The number of nitrogen functional groups attached to an aromatic ring is 1. The monoisotopic (exact) mass is 412 g/mol. The third kappa shape index (κ3) is 3.95. The molecule has 3 heterocycles. The van der Waals surface area contributed by atoms with Crippen molar-refractivity contribution >= 4 is 5.95 Å². The molecular weight excluding hydrogens is 397 g/mol. The minimum atomic E-state index is -4.40. The van der Waals surface area contributed by atoms with Crippen LogP contribution in [0.3, 0.4) is 0 Å². The molecule has 0 saturated heterocycles. The number of anilines is 1. The average molecular weight is 412 g/mol. The average Bonchev–Trinajstić information content (AvgIpc) is 3.24. The van der Waals surface area contributed by atoms with Crippen LogP contribution in [0, 0.1) is 0 Å². The number of furan rings is 1. The summed E-state index contributed by atoms with van der Waals surface area (Å²) in [7, 11) is 0. The Morgan fingerprint density at radius 1 is 1.10 bits per heavy atom. The largest absolute Gasteiger partial charge is 0.463 e. The number of rotatable bonds is 4. The lowest BCUT2D eigenvalue weighted by Crippen LogP contribution is -2.19. The SMILES string of the molecule is Nc1ncc(-c2ccn(Cc3ccc(C(F)(F)F)cc3)c(=O)c2)c(-c2ccco2)n1. The fourth-order valence-electron chi connectivity index (χ4n) is 3.01. The Labute approximate surface area is 168 Å². The summed E-state index contributed by atoms with van der Waals surface area (Å²) in [6, 6.07) is 11.2. The number of hydrogen-bond donors (Lipinski definition) is 1. The van der Waals surface area contributed by atoms with E-state index in [1.54, 1.807) is 24.4 Å². The maximum atomic E-state index is 12.7. The predicted molar refractivity (Wildman–Crippen MR) is 104 cm³/mol. The van der Waals surface area contributed by atoms with E-state index in [0.29, 0.717) is 28.1 Å². The highest BCUT2D eigenvalue weighted by Crippen LogP contribution is 2.30. The Kier molecular flexibility index (Phi) is 4.86. The summed E-state index contributed by atoms with van der Waals surface area (Å²) in [5.41, 5.74) is 6.79. The summed E-state index contributed by atoms with van der Waals surface area (Å²) in [5, 5.41) is 0. The molecule has 0 spiro atoms. The van der Waals surface area contributed by atoms with E-state index in [2.05, 4.69) is 9.97 Å². The van der Waals surface area contributed by atoms with E-state index >= 15 is 0 Å². The van der Waals surface area contributed by atoms with E-state index in [-0.39, 0.29) is 18.1 Å². The lowest BCUT2D eigenvalue weighted by atomic mass is 10.1. The van der Waals surface area contributed by atoms with Crippen LogP contribution in [0.25, 0.3) is 22.6 Å². The van der Waals surface area contributed by atoms with Crippen molar-refractivity contribution in [2.24, 2.45) is 0 Å². The fourth-order valence-corrected chi connectivity index (χ4v) is 3.01. The first kappa shape index (κ1) is 19.4. The first-order valence-corrected chi connectivity index (χ1v) is 8.84. The highest BCUT2D eigenvalue weighted by atomic mass is 19.4. The molecule has 0 radical (unpaired) electrons. The molecule has 6 nitrogen and oxygen atoms in total. The van der Waals surface area contributed by atoms with Gasteiger partial charge in [0.25, 0.3) is 5.56 Å². The number of hydrogen-bond acceptors (Lipinski definition) is 5. The highest BCUT2D eigenvalue weighted by molar-refractivity contribution is 5.78. The summed E-state index contributed by atoms with van der Waals surface area (Å²) in [6.07, 6.45) is 0.177. The van der Waals surface area contributed by atoms with E-state index in [0.717, 1.165) is 12.1 Å². The minimum Gasteiger partial charge on any atom is -0.463 e. The van der Waals surface area contributed by atoms with Crippen LogP contribution in [-0.2, 0) is 12.7 Å². The number of benzene rings is 1. The van der Waals surface area contributed by atoms with Gasteiger partial charge < -0.3 is 14.7 Å². The Morgan fingerprint density at radius 2 is 1.87 bits per heavy atom. The third-order valence-electron chi connectivity index (χ3n) is 4.50. The maximum absolute atomic E-state index is 12.7. The second-order valence-electron chi connectivity index (χ2n) is 6.54. The Balaban J connectivity index is 1.64. The summed E-state index contributed by atoms with van der Waals surface area (Å²) >= 11 is 0. The van der Waals surface area contributed by atoms with Crippen molar-refractivity contribution in [2.75, 3.05) is 5.73 Å². The van der Waals surface area contributed by atoms with Crippen molar-refractivity contribution in [1.82, 2.24) is 14.5 Å². The van der Waals surface area contributed by atoms with Crippen LogP contribution in [0.15, 0.2) is 76.4 Å². The predicted octanol–water partition coefficient (Wildman–Crippen LogP) is 4.21. The molecule has 2 N–H and O–H groups in total. The molecule has 0 saturated carbocycles. The molecule has 0 aliphatic heterocycles. The second kappa shape index (κ2) is 7.51. The molecule has 9 heteroatoms. The zero-order valence-electron chi connectivity index (χ0n) is 15.4. The molecule has 1 aromatic carbocycles. The zero-order chi connectivity index (χ0) is 21.3. The van der Waals surface area contributed by atoms with Gasteiger partial charge in [0.05, 0.1) is 18.4 Å². The molecule has 0 bridgehead atoms. The van der Waals surface area contributed by atoms with Gasteiger partial charge in [-0.1, -0.05) is 12.1 Å². The van der Waals surface area contributed by atoms with E-state index in [4.69, 9.17) is 10.2 Å². The van der Waals surface area contributed by atoms with Crippen molar-refractivity contribution in [3.63, 3.8) is 0 Å². The molecule has 0 amide bonds. The molecule has 0 unspecified atom stereocenters. The van der Waals surface area contributed by atoms with Gasteiger partial charge in [-0.3, -0.25) is 4.79 Å². The van der Waals surface area contributed by atoms with Gasteiger partial charge in [-0.25, -0.2) is 9.97 Å². The zero-order valence-corrected chi connectivity index (χ0v) is 15.4. The lowest BCUT2D eigenvalue weighted by molar-refractivity contribution is -0.137. The van der Waals surface area contributed by atoms with Gasteiger partial charge in [-0.15, -0.1) is 0 Å². The second-order valence-corrected chi connectivity index (χ2v) is 6.54. The maximum Gasteiger partial charge on any atom is 0.416 e. The Morgan fingerprint density at radius 3 is 2.50 bits per heavy atom. The van der Waals surface area contributed by atoms with Crippen LogP contribution in [0.2, 0.25) is 0 Å². The van der Waals surface area contributed by atoms with Gasteiger partial charge in [0.15, 0.2) is 5.76 Å². The van der Waals surface area contributed by atoms with Gasteiger partial charge in [-0.05, 0) is 41.5 Å². The highest BCUT2D eigenvalue weighted by Gasteiger charge is 2.29. The number of pyridine rings is 1. The van der Waals surface area contributed by atoms with Crippen LogP contribution in [0.1, 0.15) is 11.1 Å². The summed E-state index contributed by atoms with van der Waals surface area (Å²) in [4.78, 5) is 20.8. The number of alkyl halides is 3. The van der Waals surface area contributed by atoms with Crippen LogP contribution in [0.5, 0.6) is 0 Å². The smallest absolute Gasteiger partial charge is 0.416 e. The first-order chi connectivity index (χ1) is 14.3. The topological polar surface area (TPSA) is 86.9 Å². The van der Waals surface area contributed by atoms with Crippen molar-refractivity contribution in [3.05, 3.63) is 88.7 Å².